The molecule has 1 fully saturated rings. The van der Waals surface area contributed by atoms with Crippen LogP contribution in [0.25, 0.3) is 0 Å². The lowest BCUT2D eigenvalue weighted by atomic mass is 9.84. The molecule has 1 heterocycles. The van der Waals surface area contributed by atoms with Crippen molar-refractivity contribution in [2.45, 2.75) is 77.4 Å². The first-order chi connectivity index (χ1) is 13.9. The zero-order valence-electron chi connectivity index (χ0n) is 18.0. The quantitative estimate of drug-likeness (QED) is 0.479. The molecule has 162 valence electrons. The molecule has 1 aliphatic rings. The summed E-state index contributed by atoms with van der Waals surface area (Å²) in [7, 11) is 1.79. The van der Waals surface area contributed by atoms with Gasteiger partial charge in [0, 0.05) is 12.7 Å². The lowest BCUT2D eigenvalue weighted by Crippen LogP contribution is -2.54. The number of nitrogens with one attached hydrogen (secondary N) is 3. The summed E-state index contributed by atoms with van der Waals surface area (Å²) in [6, 6.07) is 2.74. The van der Waals surface area contributed by atoms with Gasteiger partial charge in [-0.3, -0.25) is 9.59 Å². The van der Waals surface area contributed by atoms with E-state index in [2.05, 4.69) is 27.9 Å². The number of anilines is 1. The van der Waals surface area contributed by atoms with Gasteiger partial charge in [-0.05, 0) is 36.9 Å². The van der Waals surface area contributed by atoms with Gasteiger partial charge in [0.05, 0.1) is 6.04 Å². The van der Waals surface area contributed by atoms with Gasteiger partial charge in [0.15, 0.2) is 0 Å². The number of nitrogen functional groups attached to an aromatic ring is 1. The van der Waals surface area contributed by atoms with E-state index in [0.717, 1.165) is 24.8 Å². The van der Waals surface area contributed by atoms with E-state index in [4.69, 9.17) is 5.73 Å². The van der Waals surface area contributed by atoms with Gasteiger partial charge < -0.3 is 21.7 Å². The smallest absolute Gasteiger partial charge is 0.242 e. The Morgan fingerprint density at radius 1 is 1.21 bits per heavy atom. The Bertz CT molecular complexity index is 643. The minimum absolute atomic E-state index is 0.105. The maximum atomic E-state index is 13.0. The fraction of sp³-hybridized carbons (Fsp3) is 0.682. The van der Waals surface area contributed by atoms with E-state index in [1.54, 1.807) is 19.3 Å². The Morgan fingerprint density at radius 3 is 2.52 bits per heavy atom. The van der Waals surface area contributed by atoms with Gasteiger partial charge in [0.2, 0.25) is 11.8 Å². The Balaban J connectivity index is 2.03. The molecule has 0 aromatic carbocycles. The van der Waals surface area contributed by atoms with E-state index < -0.39 is 6.04 Å². The van der Waals surface area contributed by atoms with Crippen LogP contribution in [-0.4, -0.2) is 35.9 Å². The van der Waals surface area contributed by atoms with Crippen molar-refractivity contribution < 1.29 is 9.59 Å². The second kappa shape index (κ2) is 11.8. The van der Waals surface area contributed by atoms with Crippen LogP contribution in [0.15, 0.2) is 18.3 Å². The molecule has 3 atom stereocenters. The molecule has 0 aliphatic heterocycles. The van der Waals surface area contributed by atoms with Crippen molar-refractivity contribution in [1.82, 2.24) is 20.9 Å². The Morgan fingerprint density at radius 2 is 1.93 bits per heavy atom. The van der Waals surface area contributed by atoms with Crippen molar-refractivity contribution in [3.8, 4) is 0 Å². The molecular formula is C22H37N5O2. The van der Waals surface area contributed by atoms with Crippen molar-refractivity contribution in [2.24, 2.45) is 11.8 Å². The zero-order chi connectivity index (χ0) is 21.2. The number of pyridine rings is 1. The van der Waals surface area contributed by atoms with E-state index in [0.29, 0.717) is 24.7 Å². The standard InChI is InChI=1S/C22H37N5O2/c1-4-15(2)20(24-3)22(29)27-18(12-16-8-6-5-7-9-16)21(28)26-14-17-10-11-19(23)25-13-17/h10-11,13,15-16,18,20,24H,4-9,12,14H2,1-3H3,(H2,23,25)(H,26,28)(H,27,29)/t15?,18-,20+/m0/s1. The van der Waals surface area contributed by atoms with Gasteiger partial charge in [-0.25, -0.2) is 4.98 Å². The molecule has 0 spiro atoms. The molecule has 1 saturated carbocycles. The Hall–Kier alpha value is -2.15. The van der Waals surface area contributed by atoms with Crippen LogP contribution in [0.5, 0.6) is 0 Å². The first kappa shape index (κ1) is 23.1. The highest BCUT2D eigenvalue weighted by atomic mass is 16.2. The van der Waals surface area contributed by atoms with Crippen molar-refractivity contribution in [3.05, 3.63) is 23.9 Å². The summed E-state index contributed by atoms with van der Waals surface area (Å²) in [6.45, 7) is 4.48. The Labute approximate surface area is 174 Å². The zero-order valence-corrected chi connectivity index (χ0v) is 18.0. The third-order valence-corrected chi connectivity index (χ3v) is 6.05. The molecule has 1 aliphatic carbocycles. The van der Waals surface area contributed by atoms with Gasteiger partial charge in [0.25, 0.3) is 0 Å². The monoisotopic (exact) mass is 403 g/mol. The number of hydrogen-bond donors (Lipinski definition) is 4. The van der Waals surface area contributed by atoms with Crippen molar-refractivity contribution in [3.63, 3.8) is 0 Å². The molecule has 1 unspecified atom stereocenters. The first-order valence-corrected chi connectivity index (χ1v) is 10.9. The van der Waals surface area contributed by atoms with Crippen molar-refractivity contribution >= 4 is 17.6 Å². The van der Waals surface area contributed by atoms with Gasteiger partial charge in [-0.2, -0.15) is 0 Å². The normalized spacial score (nSPS) is 17.9. The molecule has 1 aromatic rings. The van der Waals surface area contributed by atoms with Crippen LogP contribution < -0.4 is 21.7 Å². The molecule has 0 radical (unpaired) electrons. The maximum absolute atomic E-state index is 13.0. The minimum atomic E-state index is -0.521. The largest absolute Gasteiger partial charge is 0.384 e. The van der Waals surface area contributed by atoms with E-state index in [9.17, 15) is 9.59 Å². The van der Waals surface area contributed by atoms with Crippen LogP contribution >= 0.6 is 0 Å². The Kier molecular flexibility index (Phi) is 9.38. The molecule has 0 bridgehead atoms. The summed E-state index contributed by atoms with van der Waals surface area (Å²) >= 11 is 0. The van der Waals surface area contributed by atoms with E-state index in [-0.39, 0.29) is 23.8 Å². The number of hydrogen-bond acceptors (Lipinski definition) is 5. The van der Waals surface area contributed by atoms with Gasteiger partial charge in [-0.1, -0.05) is 58.4 Å². The summed E-state index contributed by atoms with van der Waals surface area (Å²) in [6.07, 6.45) is 9.16. The van der Waals surface area contributed by atoms with E-state index in [1.807, 2.05) is 13.0 Å². The highest BCUT2D eigenvalue weighted by Gasteiger charge is 2.29. The second-order valence-electron chi connectivity index (χ2n) is 8.26. The SMILES string of the molecule is CCC(C)[C@@H](NC)C(=O)N[C@@H](CC1CCCCC1)C(=O)NCc1ccc(N)nc1. The van der Waals surface area contributed by atoms with Crippen molar-refractivity contribution in [2.75, 3.05) is 12.8 Å². The number of amides is 2. The highest BCUT2D eigenvalue weighted by Crippen LogP contribution is 2.27. The third kappa shape index (κ3) is 7.31. The average Bonchev–Trinajstić information content (AvgIpc) is 2.73. The second-order valence-corrected chi connectivity index (χ2v) is 8.26. The number of carbonyl (C=O) groups is 2. The van der Waals surface area contributed by atoms with Gasteiger partial charge >= 0.3 is 0 Å². The minimum Gasteiger partial charge on any atom is -0.384 e. The predicted octanol–water partition coefficient (Wildman–Crippen LogP) is 2.37. The molecule has 29 heavy (non-hydrogen) atoms. The summed E-state index contributed by atoms with van der Waals surface area (Å²) in [5.41, 5.74) is 6.49. The number of aromatic nitrogens is 1. The molecule has 2 amide bonds. The number of nitrogens with two attached hydrogens (primary N) is 1. The van der Waals surface area contributed by atoms with E-state index in [1.165, 1.54) is 19.3 Å². The van der Waals surface area contributed by atoms with Crippen LogP contribution in [0, 0.1) is 11.8 Å². The van der Waals surface area contributed by atoms with Crippen LogP contribution in [-0.2, 0) is 16.1 Å². The summed E-state index contributed by atoms with van der Waals surface area (Å²) in [5, 5.41) is 9.09. The highest BCUT2D eigenvalue weighted by molar-refractivity contribution is 5.89. The number of carbonyl (C=O) groups excluding carboxylic acids is 2. The summed E-state index contributed by atoms with van der Waals surface area (Å²) < 4.78 is 0. The van der Waals surface area contributed by atoms with Crippen LogP contribution in [0.4, 0.5) is 5.82 Å². The topological polar surface area (TPSA) is 109 Å². The van der Waals surface area contributed by atoms with Gasteiger partial charge in [0.1, 0.15) is 11.9 Å². The summed E-state index contributed by atoms with van der Waals surface area (Å²) in [4.78, 5) is 29.9. The lowest BCUT2D eigenvalue weighted by Gasteiger charge is -2.29. The maximum Gasteiger partial charge on any atom is 0.242 e. The molecular weight excluding hydrogens is 366 g/mol. The first-order valence-electron chi connectivity index (χ1n) is 10.9. The molecule has 2 rings (SSSR count). The lowest BCUT2D eigenvalue weighted by molar-refractivity contribution is -0.131. The van der Waals surface area contributed by atoms with Crippen LogP contribution in [0.3, 0.4) is 0 Å². The van der Waals surface area contributed by atoms with Crippen LogP contribution in [0.1, 0.15) is 64.4 Å². The number of nitrogens with zero attached hydrogens (tertiary/aromatic N) is 1. The molecule has 1 aromatic heterocycles. The fourth-order valence-electron chi connectivity index (χ4n) is 4.01. The van der Waals surface area contributed by atoms with Crippen molar-refractivity contribution in [1.29, 1.82) is 0 Å². The molecule has 7 nitrogen and oxygen atoms in total. The number of rotatable bonds is 10. The van der Waals surface area contributed by atoms with E-state index >= 15 is 0 Å². The molecule has 0 saturated heterocycles. The summed E-state index contributed by atoms with van der Waals surface area (Å²) in [5.74, 6) is 0.881. The van der Waals surface area contributed by atoms with Gasteiger partial charge in [-0.15, -0.1) is 0 Å². The molecule has 5 N–H and O–H groups in total. The number of likely N-dealkylation sites (N-methyl/N-ethyl adjacent to an activating group) is 1. The fourth-order valence-corrected chi connectivity index (χ4v) is 4.01. The average molecular weight is 404 g/mol. The molecule has 7 heteroatoms. The predicted molar refractivity (Wildman–Crippen MR) is 116 cm³/mol. The van der Waals surface area contributed by atoms with Crippen LogP contribution in [0.2, 0.25) is 0 Å². The third-order valence-electron chi connectivity index (χ3n) is 6.05.